The third-order valence-electron chi connectivity index (χ3n) is 3.05. The Labute approximate surface area is 125 Å². The summed E-state index contributed by atoms with van der Waals surface area (Å²) in [5, 5.41) is 4.85. The summed E-state index contributed by atoms with van der Waals surface area (Å²) in [6.45, 7) is 2.54. The molecule has 21 heavy (non-hydrogen) atoms. The van der Waals surface area contributed by atoms with Crippen molar-refractivity contribution in [2.24, 2.45) is 0 Å². The summed E-state index contributed by atoms with van der Waals surface area (Å²) in [4.78, 5) is 0.713. The van der Waals surface area contributed by atoms with Crippen molar-refractivity contribution in [3.8, 4) is 5.75 Å². The smallest absolute Gasteiger partial charge is 0.134 e. The summed E-state index contributed by atoms with van der Waals surface area (Å²) in [5.41, 5.74) is -0.172. The number of thiophene rings is 1. The molecule has 6 heteroatoms. The first-order valence-corrected chi connectivity index (χ1v) is 7.45. The van der Waals surface area contributed by atoms with Gasteiger partial charge in [0.1, 0.15) is 23.2 Å². The molecule has 2 rings (SSSR count). The maximum absolute atomic E-state index is 14.0. The molecule has 0 saturated carbocycles. The first-order valence-electron chi connectivity index (χ1n) is 6.57. The van der Waals surface area contributed by atoms with Crippen LogP contribution in [-0.4, -0.2) is 13.7 Å². The van der Waals surface area contributed by atoms with E-state index in [-0.39, 0.29) is 5.56 Å². The minimum atomic E-state index is -0.924. The second-order valence-electron chi connectivity index (χ2n) is 4.56. The minimum absolute atomic E-state index is 0.172. The molecule has 1 aromatic carbocycles. The molecule has 0 spiro atoms. The average Bonchev–Trinajstić information content (AvgIpc) is 2.90. The van der Waals surface area contributed by atoms with Crippen LogP contribution in [0.25, 0.3) is 0 Å². The van der Waals surface area contributed by atoms with Gasteiger partial charge in [-0.05, 0) is 19.0 Å². The number of benzene rings is 1. The fourth-order valence-corrected chi connectivity index (χ4v) is 2.99. The van der Waals surface area contributed by atoms with Gasteiger partial charge in [-0.15, -0.1) is 11.3 Å². The van der Waals surface area contributed by atoms with E-state index >= 15 is 0 Å². The molecule has 0 amide bonds. The Kier molecular flexibility index (Phi) is 5.25. The maximum Gasteiger partial charge on any atom is 0.134 e. The largest absolute Gasteiger partial charge is 0.496 e. The van der Waals surface area contributed by atoms with E-state index in [1.54, 1.807) is 11.4 Å². The molecule has 1 N–H and O–H groups in total. The summed E-state index contributed by atoms with van der Waals surface area (Å²) in [7, 11) is 1.53. The van der Waals surface area contributed by atoms with E-state index in [4.69, 9.17) is 4.74 Å². The van der Waals surface area contributed by atoms with Gasteiger partial charge in [-0.2, -0.15) is 0 Å². The molecule has 2 aromatic rings. The van der Waals surface area contributed by atoms with E-state index in [9.17, 15) is 13.2 Å². The molecule has 2 nitrogen and oxygen atoms in total. The van der Waals surface area contributed by atoms with Gasteiger partial charge in [-0.3, -0.25) is 0 Å². The Morgan fingerprint density at radius 2 is 1.86 bits per heavy atom. The van der Waals surface area contributed by atoms with Crippen molar-refractivity contribution < 1.29 is 17.9 Å². The first kappa shape index (κ1) is 15.9. The predicted octanol–water partition coefficient (Wildman–Crippen LogP) is 4.26. The standard InChI is InChI=1S/C15H16F3NOS/c1-3-4-19-15(13-7-10(20-2)8-21-13)14-11(17)5-9(16)6-12(14)18/h5-8,15,19H,3-4H2,1-2H3. The number of nitrogens with one attached hydrogen (secondary N) is 1. The van der Waals surface area contributed by atoms with Crippen molar-refractivity contribution in [3.05, 3.63) is 51.5 Å². The Balaban J connectivity index is 2.45. The zero-order valence-electron chi connectivity index (χ0n) is 11.8. The zero-order chi connectivity index (χ0) is 15.4. The lowest BCUT2D eigenvalue weighted by molar-refractivity contribution is 0.415. The molecule has 1 aromatic heterocycles. The van der Waals surface area contributed by atoms with Gasteiger partial charge in [0.05, 0.1) is 13.2 Å². The quantitative estimate of drug-likeness (QED) is 0.860. The van der Waals surface area contributed by atoms with E-state index < -0.39 is 23.5 Å². The number of hydrogen-bond acceptors (Lipinski definition) is 3. The monoisotopic (exact) mass is 315 g/mol. The van der Waals surface area contributed by atoms with Gasteiger partial charge < -0.3 is 10.1 Å². The summed E-state index contributed by atoms with van der Waals surface area (Å²) in [6.07, 6.45) is 0.809. The van der Waals surface area contributed by atoms with Crippen molar-refractivity contribution in [2.45, 2.75) is 19.4 Å². The number of rotatable bonds is 6. The Morgan fingerprint density at radius 1 is 1.19 bits per heavy atom. The van der Waals surface area contributed by atoms with Crippen molar-refractivity contribution in [1.82, 2.24) is 5.32 Å². The van der Waals surface area contributed by atoms with Gasteiger partial charge in [0.25, 0.3) is 0 Å². The Bertz CT molecular complexity index is 592. The number of methoxy groups -OCH3 is 1. The molecular weight excluding hydrogens is 299 g/mol. The maximum atomic E-state index is 14.0. The van der Waals surface area contributed by atoms with Gasteiger partial charge in [-0.25, -0.2) is 13.2 Å². The van der Waals surface area contributed by atoms with Crippen LogP contribution in [0.15, 0.2) is 23.6 Å². The number of hydrogen-bond donors (Lipinski definition) is 1. The van der Waals surface area contributed by atoms with Crippen LogP contribution in [-0.2, 0) is 0 Å². The molecule has 0 aliphatic heterocycles. The van der Waals surface area contributed by atoms with Crippen LogP contribution < -0.4 is 10.1 Å². The van der Waals surface area contributed by atoms with Gasteiger partial charge in [0, 0.05) is 28.0 Å². The van der Waals surface area contributed by atoms with E-state index in [0.29, 0.717) is 29.3 Å². The van der Waals surface area contributed by atoms with Gasteiger partial charge in [0.15, 0.2) is 0 Å². The lowest BCUT2D eigenvalue weighted by atomic mass is 10.0. The molecule has 114 valence electrons. The van der Waals surface area contributed by atoms with E-state index in [1.807, 2.05) is 6.92 Å². The SMILES string of the molecule is CCCNC(c1cc(OC)cs1)c1c(F)cc(F)cc1F. The molecule has 0 bridgehead atoms. The lowest BCUT2D eigenvalue weighted by Crippen LogP contribution is -2.24. The fourth-order valence-electron chi connectivity index (χ4n) is 2.06. The second-order valence-corrected chi connectivity index (χ2v) is 5.50. The highest BCUT2D eigenvalue weighted by molar-refractivity contribution is 7.10. The highest BCUT2D eigenvalue weighted by atomic mass is 32.1. The highest BCUT2D eigenvalue weighted by Crippen LogP contribution is 2.33. The van der Waals surface area contributed by atoms with Crippen LogP contribution >= 0.6 is 11.3 Å². The molecule has 0 saturated heterocycles. The fraction of sp³-hybridized carbons (Fsp3) is 0.333. The number of ether oxygens (including phenoxy) is 1. The van der Waals surface area contributed by atoms with Crippen LogP contribution in [0.3, 0.4) is 0 Å². The normalized spacial score (nSPS) is 12.4. The van der Waals surface area contributed by atoms with Gasteiger partial charge in [-0.1, -0.05) is 6.92 Å². The molecule has 0 fully saturated rings. The van der Waals surface area contributed by atoms with Crippen LogP contribution in [0.2, 0.25) is 0 Å². The van der Waals surface area contributed by atoms with E-state index in [1.165, 1.54) is 18.4 Å². The first-order chi connectivity index (χ1) is 10.1. The van der Waals surface area contributed by atoms with E-state index in [0.717, 1.165) is 6.42 Å². The van der Waals surface area contributed by atoms with E-state index in [2.05, 4.69) is 5.32 Å². The average molecular weight is 315 g/mol. The van der Waals surface area contributed by atoms with Crippen LogP contribution in [0.5, 0.6) is 5.75 Å². The second kappa shape index (κ2) is 6.95. The lowest BCUT2D eigenvalue weighted by Gasteiger charge is -2.19. The molecule has 1 atom stereocenters. The van der Waals surface area contributed by atoms with Crippen molar-refractivity contribution >= 4 is 11.3 Å². The molecular formula is C15H16F3NOS. The summed E-state index contributed by atoms with van der Waals surface area (Å²) < 4.78 is 46.2. The topological polar surface area (TPSA) is 21.3 Å². The van der Waals surface area contributed by atoms with Crippen molar-refractivity contribution in [2.75, 3.05) is 13.7 Å². The molecule has 0 aliphatic carbocycles. The molecule has 1 unspecified atom stereocenters. The predicted molar refractivity (Wildman–Crippen MR) is 77.3 cm³/mol. The van der Waals surface area contributed by atoms with Crippen molar-refractivity contribution in [3.63, 3.8) is 0 Å². The molecule has 1 heterocycles. The van der Waals surface area contributed by atoms with Gasteiger partial charge >= 0.3 is 0 Å². The summed E-state index contributed by atoms with van der Waals surface area (Å²) in [5.74, 6) is -2.09. The summed E-state index contributed by atoms with van der Waals surface area (Å²) in [6, 6.07) is 2.45. The van der Waals surface area contributed by atoms with Crippen LogP contribution in [0.4, 0.5) is 13.2 Å². The highest BCUT2D eigenvalue weighted by Gasteiger charge is 2.24. The third-order valence-corrected chi connectivity index (χ3v) is 4.02. The van der Waals surface area contributed by atoms with Gasteiger partial charge in [0.2, 0.25) is 0 Å². The third kappa shape index (κ3) is 3.57. The zero-order valence-corrected chi connectivity index (χ0v) is 12.6. The molecule has 0 aliphatic rings. The summed E-state index contributed by atoms with van der Waals surface area (Å²) >= 11 is 1.33. The Hall–Kier alpha value is -1.53. The van der Waals surface area contributed by atoms with Crippen molar-refractivity contribution in [1.29, 1.82) is 0 Å². The Morgan fingerprint density at radius 3 is 2.38 bits per heavy atom. The molecule has 0 radical (unpaired) electrons. The van der Waals surface area contributed by atoms with Crippen LogP contribution in [0, 0.1) is 17.5 Å². The number of halogens is 3. The van der Waals surface area contributed by atoms with Crippen LogP contribution in [0.1, 0.15) is 29.8 Å². The minimum Gasteiger partial charge on any atom is -0.496 e.